The Morgan fingerprint density at radius 3 is 2.69 bits per heavy atom. The van der Waals surface area contributed by atoms with Crippen LogP contribution in [0.15, 0.2) is 42.7 Å². The van der Waals surface area contributed by atoms with Gasteiger partial charge < -0.3 is 5.32 Å². The molecule has 0 saturated heterocycles. The number of benzene rings is 1. The molecule has 0 saturated carbocycles. The molecule has 1 amide bonds. The van der Waals surface area contributed by atoms with Crippen LogP contribution in [0.5, 0.6) is 0 Å². The third-order valence-corrected chi connectivity index (χ3v) is 2.24. The Morgan fingerprint density at radius 1 is 1.38 bits per heavy atom. The van der Waals surface area contributed by atoms with Crippen LogP contribution in [0.25, 0.3) is 5.69 Å². The second kappa shape index (κ2) is 4.61. The Bertz CT molecular complexity index is 460. The second-order valence-electron chi connectivity index (χ2n) is 3.40. The third-order valence-electron chi connectivity index (χ3n) is 2.24. The van der Waals surface area contributed by atoms with Gasteiger partial charge in [-0.3, -0.25) is 4.79 Å². The molecule has 0 fully saturated rings. The molecule has 0 spiro atoms. The van der Waals surface area contributed by atoms with Gasteiger partial charge in [-0.05, 0) is 30.3 Å². The van der Waals surface area contributed by atoms with E-state index in [0.717, 1.165) is 11.4 Å². The highest BCUT2D eigenvalue weighted by Crippen LogP contribution is 2.12. The Hall–Kier alpha value is -2.10. The zero-order valence-electron chi connectivity index (χ0n) is 9.05. The standard InChI is InChI=1S/C12H13N3O/c1-2-12(16)14-10-4-6-11(7-5-10)15-9-3-8-13-15/h3-9H,2H2,1H3,(H,14,16). The van der Waals surface area contributed by atoms with Gasteiger partial charge in [0, 0.05) is 24.5 Å². The average Bonchev–Trinajstić information content (AvgIpc) is 2.83. The summed E-state index contributed by atoms with van der Waals surface area (Å²) in [4.78, 5) is 11.2. The van der Waals surface area contributed by atoms with E-state index in [1.54, 1.807) is 10.9 Å². The van der Waals surface area contributed by atoms with Crippen LogP contribution in [0.4, 0.5) is 5.69 Å². The van der Waals surface area contributed by atoms with Gasteiger partial charge in [0.15, 0.2) is 0 Å². The monoisotopic (exact) mass is 215 g/mol. The SMILES string of the molecule is CCC(=O)Nc1ccc(-n2cccn2)cc1. The summed E-state index contributed by atoms with van der Waals surface area (Å²) >= 11 is 0. The van der Waals surface area contributed by atoms with Gasteiger partial charge in [-0.1, -0.05) is 6.92 Å². The molecule has 0 radical (unpaired) electrons. The zero-order chi connectivity index (χ0) is 11.4. The maximum Gasteiger partial charge on any atom is 0.224 e. The fraction of sp³-hybridized carbons (Fsp3) is 0.167. The first-order valence-corrected chi connectivity index (χ1v) is 5.19. The van der Waals surface area contributed by atoms with E-state index in [1.165, 1.54) is 0 Å². The number of nitrogens with one attached hydrogen (secondary N) is 1. The molecule has 4 heteroatoms. The van der Waals surface area contributed by atoms with Crippen LogP contribution in [0.1, 0.15) is 13.3 Å². The van der Waals surface area contributed by atoms with Crippen molar-refractivity contribution in [2.45, 2.75) is 13.3 Å². The number of nitrogens with zero attached hydrogens (tertiary/aromatic N) is 2. The molecule has 2 aromatic rings. The number of rotatable bonds is 3. The van der Waals surface area contributed by atoms with Crippen LogP contribution in [0.3, 0.4) is 0 Å². The van der Waals surface area contributed by atoms with Crippen molar-refractivity contribution in [3.05, 3.63) is 42.7 Å². The summed E-state index contributed by atoms with van der Waals surface area (Å²) in [6, 6.07) is 9.43. The molecule has 0 unspecified atom stereocenters. The van der Waals surface area contributed by atoms with Crippen molar-refractivity contribution in [3.8, 4) is 5.69 Å². The predicted octanol–water partition coefficient (Wildman–Crippen LogP) is 2.22. The highest BCUT2D eigenvalue weighted by atomic mass is 16.1. The highest BCUT2D eigenvalue weighted by molar-refractivity contribution is 5.90. The Labute approximate surface area is 93.9 Å². The lowest BCUT2D eigenvalue weighted by molar-refractivity contribution is -0.115. The number of anilines is 1. The van der Waals surface area contributed by atoms with Gasteiger partial charge in [0.2, 0.25) is 5.91 Å². The normalized spacial score (nSPS) is 10.1. The summed E-state index contributed by atoms with van der Waals surface area (Å²) in [7, 11) is 0. The zero-order valence-corrected chi connectivity index (χ0v) is 9.05. The molecule has 2 rings (SSSR count). The topological polar surface area (TPSA) is 46.9 Å². The van der Waals surface area contributed by atoms with Gasteiger partial charge in [-0.15, -0.1) is 0 Å². The van der Waals surface area contributed by atoms with E-state index in [4.69, 9.17) is 0 Å². The van der Waals surface area contributed by atoms with Crippen LogP contribution in [-0.4, -0.2) is 15.7 Å². The molecule has 0 aliphatic rings. The van der Waals surface area contributed by atoms with E-state index in [9.17, 15) is 4.79 Å². The van der Waals surface area contributed by atoms with Crippen molar-refractivity contribution in [1.29, 1.82) is 0 Å². The van der Waals surface area contributed by atoms with Crippen molar-refractivity contribution in [3.63, 3.8) is 0 Å². The van der Waals surface area contributed by atoms with Gasteiger partial charge >= 0.3 is 0 Å². The molecular weight excluding hydrogens is 202 g/mol. The molecule has 0 atom stereocenters. The predicted molar refractivity (Wildman–Crippen MR) is 62.5 cm³/mol. The number of hydrogen-bond acceptors (Lipinski definition) is 2. The Kier molecular flexibility index (Phi) is 3.00. The van der Waals surface area contributed by atoms with Gasteiger partial charge in [-0.2, -0.15) is 5.10 Å². The van der Waals surface area contributed by atoms with E-state index in [2.05, 4.69) is 10.4 Å². The molecule has 0 aliphatic carbocycles. The first kappa shape index (κ1) is 10.4. The summed E-state index contributed by atoms with van der Waals surface area (Å²) < 4.78 is 1.77. The number of aromatic nitrogens is 2. The smallest absolute Gasteiger partial charge is 0.224 e. The third kappa shape index (κ3) is 2.28. The molecule has 1 aromatic heterocycles. The van der Waals surface area contributed by atoms with Crippen molar-refractivity contribution in [2.24, 2.45) is 0 Å². The largest absolute Gasteiger partial charge is 0.326 e. The molecule has 4 nitrogen and oxygen atoms in total. The number of carbonyl (C=O) groups is 1. The second-order valence-corrected chi connectivity index (χ2v) is 3.40. The molecule has 1 heterocycles. The molecule has 16 heavy (non-hydrogen) atoms. The van der Waals surface area contributed by atoms with Crippen LogP contribution < -0.4 is 5.32 Å². The Balaban J connectivity index is 2.14. The quantitative estimate of drug-likeness (QED) is 0.853. The summed E-state index contributed by atoms with van der Waals surface area (Å²) in [5.74, 6) is 0.0202. The molecule has 0 aliphatic heterocycles. The maximum absolute atomic E-state index is 11.2. The Morgan fingerprint density at radius 2 is 2.12 bits per heavy atom. The van der Waals surface area contributed by atoms with Crippen molar-refractivity contribution in [1.82, 2.24) is 9.78 Å². The van der Waals surface area contributed by atoms with Crippen molar-refractivity contribution < 1.29 is 4.79 Å². The number of hydrogen-bond donors (Lipinski definition) is 1. The number of carbonyl (C=O) groups excluding carboxylic acids is 1. The van der Waals surface area contributed by atoms with Gasteiger partial charge in [0.1, 0.15) is 0 Å². The summed E-state index contributed by atoms with van der Waals surface area (Å²) in [6.45, 7) is 1.83. The fourth-order valence-electron chi connectivity index (χ4n) is 1.37. The minimum Gasteiger partial charge on any atom is -0.326 e. The van der Waals surface area contributed by atoms with Crippen LogP contribution >= 0.6 is 0 Å². The molecule has 1 aromatic carbocycles. The number of amides is 1. The summed E-state index contributed by atoms with van der Waals surface area (Å²) in [5.41, 5.74) is 1.78. The van der Waals surface area contributed by atoms with Crippen LogP contribution in [0, 0.1) is 0 Å². The van der Waals surface area contributed by atoms with Crippen molar-refractivity contribution >= 4 is 11.6 Å². The first-order chi connectivity index (χ1) is 7.79. The lowest BCUT2D eigenvalue weighted by Gasteiger charge is -2.05. The van der Waals surface area contributed by atoms with E-state index in [0.29, 0.717) is 6.42 Å². The molecule has 82 valence electrons. The molecule has 0 bridgehead atoms. The maximum atomic E-state index is 11.2. The highest BCUT2D eigenvalue weighted by Gasteiger charge is 1.99. The van der Waals surface area contributed by atoms with E-state index in [1.807, 2.05) is 43.5 Å². The summed E-state index contributed by atoms with van der Waals surface area (Å²) in [5, 5.41) is 6.92. The summed E-state index contributed by atoms with van der Waals surface area (Å²) in [6.07, 6.45) is 4.09. The lowest BCUT2D eigenvalue weighted by Crippen LogP contribution is -2.09. The van der Waals surface area contributed by atoms with Gasteiger partial charge in [0.25, 0.3) is 0 Å². The average molecular weight is 215 g/mol. The van der Waals surface area contributed by atoms with E-state index in [-0.39, 0.29) is 5.91 Å². The first-order valence-electron chi connectivity index (χ1n) is 5.19. The lowest BCUT2D eigenvalue weighted by atomic mass is 10.2. The van der Waals surface area contributed by atoms with Gasteiger partial charge in [-0.25, -0.2) is 4.68 Å². The molecular formula is C12H13N3O. The molecule has 1 N–H and O–H groups in total. The van der Waals surface area contributed by atoms with Gasteiger partial charge in [0.05, 0.1) is 5.69 Å². The fourth-order valence-corrected chi connectivity index (χ4v) is 1.37. The minimum atomic E-state index is 0.0202. The minimum absolute atomic E-state index is 0.0202. The van der Waals surface area contributed by atoms with Crippen LogP contribution in [0.2, 0.25) is 0 Å². The van der Waals surface area contributed by atoms with Crippen LogP contribution in [-0.2, 0) is 4.79 Å². The van der Waals surface area contributed by atoms with E-state index < -0.39 is 0 Å². The van der Waals surface area contributed by atoms with E-state index >= 15 is 0 Å². The van der Waals surface area contributed by atoms with Crippen molar-refractivity contribution in [2.75, 3.05) is 5.32 Å².